The van der Waals surface area contributed by atoms with Crippen molar-refractivity contribution in [2.75, 3.05) is 0 Å². The number of aromatic nitrogens is 1. The Labute approximate surface area is 106 Å². The maximum atomic E-state index is 10.9. The molecule has 2 aromatic rings. The maximum absolute atomic E-state index is 10.9. The van der Waals surface area contributed by atoms with E-state index in [1.54, 1.807) is 0 Å². The van der Waals surface area contributed by atoms with Gasteiger partial charge in [0, 0.05) is 6.07 Å². The Hall–Kier alpha value is -1.59. The van der Waals surface area contributed by atoms with Gasteiger partial charge in [0.25, 0.3) is 5.69 Å². The Balaban J connectivity index is 2.61. The fraction of sp³-hybridized carbons (Fsp3) is 0.100. The van der Waals surface area contributed by atoms with Crippen molar-refractivity contribution in [3.8, 4) is 11.5 Å². The van der Waals surface area contributed by atoms with Crippen LogP contribution < -0.4 is 0 Å². The van der Waals surface area contributed by atoms with Gasteiger partial charge in [-0.15, -0.1) is 11.6 Å². The van der Waals surface area contributed by atoms with Crippen molar-refractivity contribution in [3.05, 3.63) is 45.3 Å². The molecule has 0 bridgehead atoms. The number of hydrogen-bond donors (Lipinski definition) is 0. The van der Waals surface area contributed by atoms with Crippen LogP contribution in [0.25, 0.3) is 11.5 Å². The second-order valence-corrected chi connectivity index (χ2v) is 3.84. The zero-order valence-corrected chi connectivity index (χ0v) is 9.90. The Morgan fingerprint density at radius 2 is 2.24 bits per heavy atom. The minimum Gasteiger partial charge on any atom is -0.444 e. The van der Waals surface area contributed by atoms with E-state index in [9.17, 15) is 10.1 Å². The van der Waals surface area contributed by atoms with Crippen LogP contribution >= 0.6 is 23.2 Å². The van der Waals surface area contributed by atoms with Crippen molar-refractivity contribution < 1.29 is 9.34 Å². The number of nitrogens with zero attached hydrogens (tertiary/aromatic N) is 2. The summed E-state index contributed by atoms with van der Waals surface area (Å²) in [5.41, 5.74) is 0.506. The average molecular weight is 273 g/mol. The van der Waals surface area contributed by atoms with Gasteiger partial charge in [0.1, 0.15) is 11.8 Å². The first-order valence-electron chi connectivity index (χ1n) is 4.57. The Bertz CT molecular complexity index is 568. The molecule has 0 N–H and O–H groups in total. The lowest BCUT2D eigenvalue weighted by Crippen LogP contribution is -1.93. The van der Waals surface area contributed by atoms with Gasteiger partial charge < -0.3 is 4.42 Å². The molecule has 0 atom stereocenters. The van der Waals surface area contributed by atoms with Crippen LogP contribution in [0, 0.1) is 10.1 Å². The molecule has 0 aliphatic rings. The molecule has 88 valence electrons. The molecule has 1 aromatic carbocycles. The topological polar surface area (TPSA) is 69.2 Å². The molecule has 0 spiro atoms. The second kappa shape index (κ2) is 4.73. The lowest BCUT2D eigenvalue weighted by molar-refractivity contribution is -0.384. The molecule has 2 rings (SSSR count). The third-order valence-corrected chi connectivity index (χ3v) is 2.68. The molecule has 0 aliphatic carbocycles. The third kappa shape index (κ3) is 2.25. The fourth-order valence-corrected chi connectivity index (χ4v) is 1.73. The van der Waals surface area contributed by atoms with Gasteiger partial charge in [-0.1, -0.05) is 17.7 Å². The summed E-state index contributed by atoms with van der Waals surface area (Å²) in [4.78, 5) is 14.4. The number of halogens is 2. The van der Waals surface area contributed by atoms with Crippen LogP contribution in [0.4, 0.5) is 5.69 Å². The molecule has 0 aliphatic heterocycles. The molecule has 7 heteroatoms. The first-order chi connectivity index (χ1) is 8.13. The first-order valence-corrected chi connectivity index (χ1v) is 5.48. The van der Waals surface area contributed by atoms with Crippen LogP contribution in [0.1, 0.15) is 5.69 Å². The molecular formula is C10H6Cl2N2O3. The van der Waals surface area contributed by atoms with Gasteiger partial charge in [-0.2, -0.15) is 0 Å². The summed E-state index contributed by atoms with van der Waals surface area (Å²) >= 11 is 11.5. The van der Waals surface area contributed by atoms with Gasteiger partial charge in [0.05, 0.1) is 21.5 Å². The summed E-state index contributed by atoms with van der Waals surface area (Å²) in [6, 6.07) is 4.37. The van der Waals surface area contributed by atoms with Crippen LogP contribution in [0.5, 0.6) is 0 Å². The van der Waals surface area contributed by atoms with Gasteiger partial charge >= 0.3 is 0 Å². The number of nitro benzene ring substituents is 1. The van der Waals surface area contributed by atoms with Crippen molar-refractivity contribution in [2.45, 2.75) is 5.88 Å². The summed E-state index contributed by atoms with van der Waals surface area (Å²) in [5.74, 6) is 0.264. The van der Waals surface area contributed by atoms with E-state index in [0.29, 0.717) is 5.69 Å². The highest BCUT2D eigenvalue weighted by atomic mass is 35.5. The zero-order chi connectivity index (χ0) is 12.4. The van der Waals surface area contributed by atoms with E-state index in [-0.39, 0.29) is 28.0 Å². The Morgan fingerprint density at radius 1 is 1.47 bits per heavy atom. The molecule has 0 saturated carbocycles. The number of oxazole rings is 1. The lowest BCUT2D eigenvalue weighted by atomic mass is 10.2. The van der Waals surface area contributed by atoms with Gasteiger partial charge in [0.2, 0.25) is 5.89 Å². The third-order valence-electron chi connectivity index (χ3n) is 2.09. The van der Waals surface area contributed by atoms with Crippen molar-refractivity contribution in [3.63, 3.8) is 0 Å². The number of alkyl halides is 1. The highest BCUT2D eigenvalue weighted by Crippen LogP contribution is 2.35. The SMILES string of the molecule is O=[N+]([O-])c1cccc(Cl)c1-c1nc(CCl)co1. The smallest absolute Gasteiger partial charge is 0.283 e. The van der Waals surface area contributed by atoms with E-state index in [2.05, 4.69) is 4.98 Å². The largest absolute Gasteiger partial charge is 0.444 e. The number of nitro groups is 1. The van der Waals surface area contributed by atoms with E-state index in [1.165, 1.54) is 24.5 Å². The van der Waals surface area contributed by atoms with Gasteiger partial charge in [0.15, 0.2) is 0 Å². The predicted octanol–water partition coefficient (Wildman–Crippen LogP) is 3.64. The molecule has 0 radical (unpaired) electrons. The summed E-state index contributed by atoms with van der Waals surface area (Å²) in [5, 5.41) is 11.1. The minimum absolute atomic E-state index is 0.0953. The fourth-order valence-electron chi connectivity index (χ4n) is 1.36. The molecular weight excluding hydrogens is 267 g/mol. The minimum atomic E-state index is -0.536. The van der Waals surface area contributed by atoms with Gasteiger partial charge in [-0.3, -0.25) is 10.1 Å². The second-order valence-electron chi connectivity index (χ2n) is 3.17. The van der Waals surface area contributed by atoms with Gasteiger partial charge in [-0.05, 0) is 6.07 Å². The summed E-state index contributed by atoms with van der Waals surface area (Å²) in [6.07, 6.45) is 1.34. The lowest BCUT2D eigenvalue weighted by Gasteiger charge is -2.00. The van der Waals surface area contributed by atoms with Crippen LogP contribution in [0.3, 0.4) is 0 Å². The van der Waals surface area contributed by atoms with Crippen LogP contribution in [0.15, 0.2) is 28.9 Å². The Morgan fingerprint density at radius 3 is 2.82 bits per heavy atom. The van der Waals surface area contributed by atoms with E-state index < -0.39 is 4.92 Å². The summed E-state index contributed by atoms with van der Waals surface area (Å²) in [7, 11) is 0. The number of hydrogen-bond acceptors (Lipinski definition) is 4. The Kier molecular flexibility index (Phi) is 3.31. The summed E-state index contributed by atoms with van der Waals surface area (Å²) < 4.78 is 5.13. The number of benzene rings is 1. The van der Waals surface area contributed by atoms with Crippen LogP contribution in [-0.2, 0) is 5.88 Å². The molecule has 5 nitrogen and oxygen atoms in total. The van der Waals surface area contributed by atoms with Crippen LogP contribution in [-0.4, -0.2) is 9.91 Å². The predicted molar refractivity (Wildman–Crippen MR) is 63.2 cm³/mol. The molecule has 1 heterocycles. The molecule has 1 aromatic heterocycles. The normalized spacial score (nSPS) is 10.5. The molecule has 0 amide bonds. The monoisotopic (exact) mass is 272 g/mol. The highest BCUT2D eigenvalue weighted by Gasteiger charge is 2.22. The summed E-state index contributed by atoms with van der Waals surface area (Å²) in [6.45, 7) is 0. The van der Waals surface area contributed by atoms with E-state index in [1.807, 2.05) is 0 Å². The molecule has 0 saturated heterocycles. The molecule has 0 unspecified atom stereocenters. The first kappa shape index (κ1) is 11.9. The standard InChI is InChI=1S/C10H6Cl2N2O3/c11-4-6-5-17-10(13-6)9-7(12)2-1-3-8(9)14(15)16/h1-3,5H,4H2. The quantitative estimate of drug-likeness (QED) is 0.486. The van der Waals surface area contributed by atoms with Crippen molar-refractivity contribution >= 4 is 28.9 Å². The van der Waals surface area contributed by atoms with Crippen LogP contribution in [0.2, 0.25) is 5.02 Å². The van der Waals surface area contributed by atoms with Crippen molar-refractivity contribution in [1.82, 2.24) is 4.98 Å². The van der Waals surface area contributed by atoms with Gasteiger partial charge in [-0.25, -0.2) is 4.98 Å². The molecule has 0 fully saturated rings. The maximum Gasteiger partial charge on any atom is 0.283 e. The van der Waals surface area contributed by atoms with Crippen molar-refractivity contribution in [2.24, 2.45) is 0 Å². The van der Waals surface area contributed by atoms with E-state index in [0.717, 1.165) is 0 Å². The van der Waals surface area contributed by atoms with Crippen molar-refractivity contribution in [1.29, 1.82) is 0 Å². The number of rotatable bonds is 3. The highest BCUT2D eigenvalue weighted by molar-refractivity contribution is 6.33. The zero-order valence-electron chi connectivity index (χ0n) is 8.39. The van der Waals surface area contributed by atoms with E-state index >= 15 is 0 Å². The van der Waals surface area contributed by atoms with E-state index in [4.69, 9.17) is 27.6 Å². The average Bonchev–Trinajstić information content (AvgIpc) is 2.76. The molecule has 17 heavy (non-hydrogen) atoms.